The van der Waals surface area contributed by atoms with Crippen LogP contribution in [0.25, 0.3) is 0 Å². The van der Waals surface area contributed by atoms with E-state index < -0.39 is 0 Å². The molecule has 1 aromatic heterocycles. The van der Waals surface area contributed by atoms with Crippen LogP contribution in [0, 0.1) is 0 Å². The van der Waals surface area contributed by atoms with E-state index in [1.54, 1.807) is 18.5 Å². The molecular formula is C14H13ClN2O. The van der Waals surface area contributed by atoms with Crippen LogP contribution in [-0.4, -0.2) is 10.9 Å². The number of amides is 1. The molecule has 0 saturated carbocycles. The summed E-state index contributed by atoms with van der Waals surface area (Å²) in [6, 6.07) is 11.5. The Labute approximate surface area is 111 Å². The summed E-state index contributed by atoms with van der Waals surface area (Å²) in [5.74, 6) is -0.0613. The molecule has 0 fully saturated rings. The number of halogens is 1. The molecule has 2 rings (SSSR count). The van der Waals surface area contributed by atoms with E-state index in [4.69, 9.17) is 11.6 Å². The van der Waals surface area contributed by atoms with Crippen LogP contribution in [0.3, 0.4) is 0 Å². The van der Waals surface area contributed by atoms with E-state index in [0.29, 0.717) is 23.6 Å². The van der Waals surface area contributed by atoms with E-state index in [-0.39, 0.29) is 5.91 Å². The van der Waals surface area contributed by atoms with Gasteiger partial charge in [0.1, 0.15) is 0 Å². The van der Waals surface area contributed by atoms with Crippen LogP contribution >= 0.6 is 11.6 Å². The molecule has 1 N–H and O–H groups in total. The summed E-state index contributed by atoms with van der Waals surface area (Å²) in [5.41, 5.74) is 1.70. The molecule has 0 radical (unpaired) electrons. The van der Waals surface area contributed by atoms with Crippen LogP contribution in [0.4, 0.5) is 5.69 Å². The van der Waals surface area contributed by atoms with E-state index >= 15 is 0 Å². The predicted molar refractivity (Wildman–Crippen MR) is 72.6 cm³/mol. The summed E-state index contributed by atoms with van der Waals surface area (Å²) < 4.78 is 0. The quantitative estimate of drug-likeness (QED) is 0.916. The first kappa shape index (κ1) is 12.6. The number of hydrogen-bond acceptors (Lipinski definition) is 2. The van der Waals surface area contributed by atoms with E-state index in [2.05, 4.69) is 10.3 Å². The van der Waals surface area contributed by atoms with Gasteiger partial charge in [-0.25, -0.2) is 0 Å². The lowest BCUT2D eigenvalue weighted by atomic mass is 10.1. The van der Waals surface area contributed by atoms with Gasteiger partial charge in [0, 0.05) is 12.6 Å². The van der Waals surface area contributed by atoms with Gasteiger partial charge in [-0.1, -0.05) is 41.9 Å². The van der Waals surface area contributed by atoms with Crippen molar-refractivity contribution in [1.82, 2.24) is 4.98 Å². The van der Waals surface area contributed by atoms with Crippen LogP contribution in [-0.2, 0) is 11.2 Å². The molecule has 18 heavy (non-hydrogen) atoms. The van der Waals surface area contributed by atoms with Crippen LogP contribution in [0.1, 0.15) is 12.0 Å². The second kappa shape index (κ2) is 6.17. The Balaban J connectivity index is 1.88. The minimum Gasteiger partial charge on any atom is -0.323 e. The molecule has 0 aliphatic rings. The topological polar surface area (TPSA) is 42.0 Å². The molecule has 0 bridgehead atoms. The minimum absolute atomic E-state index is 0.0613. The number of nitrogens with zero attached hydrogens (tertiary/aromatic N) is 1. The van der Waals surface area contributed by atoms with Gasteiger partial charge in [-0.05, 0) is 18.1 Å². The lowest BCUT2D eigenvalue weighted by Gasteiger charge is -2.06. The van der Waals surface area contributed by atoms with Crippen molar-refractivity contribution in [3.8, 4) is 0 Å². The lowest BCUT2D eigenvalue weighted by Crippen LogP contribution is -2.12. The number of carbonyl (C=O) groups is 1. The molecule has 1 heterocycles. The fraction of sp³-hybridized carbons (Fsp3) is 0.143. The smallest absolute Gasteiger partial charge is 0.224 e. The monoisotopic (exact) mass is 260 g/mol. The second-order valence-corrected chi connectivity index (χ2v) is 4.30. The normalized spacial score (nSPS) is 10.1. The zero-order chi connectivity index (χ0) is 12.8. The van der Waals surface area contributed by atoms with E-state index in [0.717, 1.165) is 5.56 Å². The molecule has 4 heteroatoms. The van der Waals surface area contributed by atoms with Gasteiger partial charge >= 0.3 is 0 Å². The third-order valence-electron chi connectivity index (χ3n) is 2.53. The number of rotatable bonds is 4. The van der Waals surface area contributed by atoms with Crippen molar-refractivity contribution in [2.45, 2.75) is 12.8 Å². The standard InChI is InChI=1S/C14H13ClN2O/c15-12-8-9-16-10-13(12)17-14(18)7-6-11-4-2-1-3-5-11/h1-5,8-10H,6-7H2,(H,17,18). The van der Waals surface area contributed by atoms with Gasteiger partial charge in [-0.15, -0.1) is 0 Å². The van der Waals surface area contributed by atoms with Gasteiger partial charge in [-0.3, -0.25) is 9.78 Å². The number of pyridine rings is 1. The van der Waals surface area contributed by atoms with Gasteiger partial charge in [0.25, 0.3) is 0 Å². The molecule has 2 aromatic rings. The Morgan fingerprint density at radius 1 is 1.22 bits per heavy atom. The number of anilines is 1. The van der Waals surface area contributed by atoms with Crippen LogP contribution in [0.15, 0.2) is 48.8 Å². The predicted octanol–water partition coefficient (Wildman–Crippen LogP) is 3.31. The van der Waals surface area contributed by atoms with Gasteiger partial charge in [0.05, 0.1) is 16.9 Å². The molecule has 92 valence electrons. The van der Waals surface area contributed by atoms with E-state index in [9.17, 15) is 4.79 Å². The highest BCUT2D eigenvalue weighted by Gasteiger charge is 2.05. The third kappa shape index (κ3) is 3.57. The van der Waals surface area contributed by atoms with Crippen LogP contribution < -0.4 is 5.32 Å². The Morgan fingerprint density at radius 2 is 2.00 bits per heavy atom. The first-order chi connectivity index (χ1) is 8.75. The van der Waals surface area contributed by atoms with Crippen molar-refractivity contribution < 1.29 is 4.79 Å². The van der Waals surface area contributed by atoms with Crippen molar-refractivity contribution in [2.24, 2.45) is 0 Å². The Bertz CT molecular complexity index is 528. The first-order valence-electron chi connectivity index (χ1n) is 5.69. The highest BCUT2D eigenvalue weighted by Crippen LogP contribution is 2.19. The number of carbonyl (C=O) groups excluding carboxylic acids is 1. The third-order valence-corrected chi connectivity index (χ3v) is 2.86. The minimum atomic E-state index is -0.0613. The SMILES string of the molecule is O=C(CCc1ccccc1)Nc1cnccc1Cl. The maximum atomic E-state index is 11.7. The van der Waals surface area contributed by atoms with E-state index in [1.165, 1.54) is 0 Å². The number of hydrogen-bond donors (Lipinski definition) is 1. The lowest BCUT2D eigenvalue weighted by molar-refractivity contribution is -0.116. The van der Waals surface area contributed by atoms with Crippen LogP contribution in [0.5, 0.6) is 0 Å². The number of aryl methyl sites for hydroxylation is 1. The summed E-state index contributed by atoms with van der Waals surface area (Å²) in [6.07, 6.45) is 4.27. The van der Waals surface area contributed by atoms with Crippen molar-refractivity contribution in [3.05, 3.63) is 59.4 Å². The molecule has 1 aromatic carbocycles. The highest BCUT2D eigenvalue weighted by atomic mass is 35.5. The van der Waals surface area contributed by atoms with Gasteiger partial charge in [0.2, 0.25) is 5.91 Å². The van der Waals surface area contributed by atoms with E-state index in [1.807, 2.05) is 30.3 Å². The maximum Gasteiger partial charge on any atom is 0.224 e. The number of benzene rings is 1. The van der Waals surface area contributed by atoms with Gasteiger partial charge in [0.15, 0.2) is 0 Å². The molecule has 3 nitrogen and oxygen atoms in total. The molecular weight excluding hydrogens is 248 g/mol. The molecule has 1 amide bonds. The summed E-state index contributed by atoms with van der Waals surface area (Å²) in [4.78, 5) is 15.7. The number of aromatic nitrogens is 1. The van der Waals surface area contributed by atoms with Crippen molar-refractivity contribution in [1.29, 1.82) is 0 Å². The van der Waals surface area contributed by atoms with Gasteiger partial charge < -0.3 is 5.32 Å². The zero-order valence-corrected chi connectivity index (χ0v) is 10.5. The summed E-state index contributed by atoms with van der Waals surface area (Å²) in [7, 11) is 0. The molecule has 0 atom stereocenters. The number of nitrogens with one attached hydrogen (secondary N) is 1. The molecule has 0 spiro atoms. The average molecular weight is 261 g/mol. The highest BCUT2D eigenvalue weighted by molar-refractivity contribution is 6.33. The summed E-state index contributed by atoms with van der Waals surface area (Å²) >= 11 is 5.93. The molecule has 0 aliphatic heterocycles. The Morgan fingerprint density at radius 3 is 2.72 bits per heavy atom. The van der Waals surface area contributed by atoms with Crippen molar-refractivity contribution in [3.63, 3.8) is 0 Å². The average Bonchev–Trinajstić information content (AvgIpc) is 2.40. The fourth-order valence-corrected chi connectivity index (χ4v) is 1.74. The van der Waals surface area contributed by atoms with Crippen LogP contribution in [0.2, 0.25) is 5.02 Å². The molecule has 0 aliphatic carbocycles. The second-order valence-electron chi connectivity index (χ2n) is 3.89. The Kier molecular flexibility index (Phi) is 4.31. The maximum absolute atomic E-state index is 11.7. The Hall–Kier alpha value is -1.87. The fourth-order valence-electron chi connectivity index (χ4n) is 1.58. The van der Waals surface area contributed by atoms with Crippen molar-refractivity contribution >= 4 is 23.2 Å². The first-order valence-corrected chi connectivity index (χ1v) is 6.07. The molecule has 0 saturated heterocycles. The largest absolute Gasteiger partial charge is 0.323 e. The summed E-state index contributed by atoms with van der Waals surface area (Å²) in [6.45, 7) is 0. The zero-order valence-electron chi connectivity index (χ0n) is 9.77. The van der Waals surface area contributed by atoms with Crippen molar-refractivity contribution in [2.75, 3.05) is 5.32 Å². The van der Waals surface area contributed by atoms with Gasteiger partial charge in [-0.2, -0.15) is 0 Å². The summed E-state index contributed by atoms with van der Waals surface area (Å²) in [5, 5.41) is 3.25. The molecule has 0 unspecified atom stereocenters.